The first kappa shape index (κ1) is 30.1. The first-order valence-corrected chi connectivity index (χ1v) is 15.3. The molecule has 7 nitrogen and oxygen atoms in total. The van der Waals surface area contributed by atoms with Gasteiger partial charge >= 0.3 is 0 Å². The quantitative estimate of drug-likeness (QED) is 0.304. The molecular weight excluding hydrogens is 541 g/mol. The summed E-state index contributed by atoms with van der Waals surface area (Å²) < 4.78 is 40.8. The van der Waals surface area contributed by atoms with Crippen molar-refractivity contribution in [2.24, 2.45) is 0 Å². The molecule has 41 heavy (non-hydrogen) atoms. The van der Waals surface area contributed by atoms with Crippen LogP contribution in [-0.4, -0.2) is 55.1 Å². The van der Waals surface area contributed by atoms with Crippen LogP contribution in [0.1, 0.15) is 36.0 Å². The third-order valence-electron chi connectivity index (χ3n) is 7.21. The Morgan fingerprint density at radius 2 is 1.56 bits per heavy atom. The van der Waals surface area contributed by atoms with E-state index in [0.29, 0.717) is 31.5 Å². The van der Waals surface area contributed by atoms with Gasteiger partial charge in [0.2, 0.25) is 21.8 Å². The maximum Gasteiger partial charge on any atom is 0.243 e. The summed E-state index contributed by atoms with van der Waals surface area (Å²) in [5.74, 6) is -0.926. The van der Waals surface area contributed by atoms with Gasteiger partial charge in [-0.25, -0.2) is 12.8 Å². The van der Waals surface area contributed by atoms with Crippen LogP contribution in [0.5, 0.6) is 0 Å². The fraction of sp³-hybridized carbons (Fsp3) is 0.312. The summed E-state index contributed by atoms with van der Waals surface area (Å²) >= 11 is 0. The SMILES string of the molecule is C=CCNC(=O)[C@H](Cc1ccccc1)N(Cc1ccc(F)cc1)C(=O)CCc1ccc(S(=O)(=O)N2CCCC2)cc1. The van der Waals surface area contributed by atoms with Crippen molar-refractivity contribution in [1.82, 2.24) is 14.5 Å². The van der Waals surface area contributed by atoms with E-state index in [1.807, 2.05) is 30.3 Å². The molecule has 0 bridgehead atoms. The molecule has 9 heteroatoms. The molecule has 0 unspecified atom stereocenters. The highest BCUT2D eigenvalue weighted by atomic mass is 32.2. The zero-order valence-electron chi connectivity index (χ0n) is 23.0. The van der Waals surface area contributed by atoms with Crippen molar-refractivity contribution >= 4 is 21.8 Å². The van der Waals surface area contributed by atoms with Crippen LogP contribution in [0.25, 0.3) is 0 Å². The van der Waals surface area contributed by atoms with Crippen molar-refractivity contribution in [3.63, 3.8) is 0 Å². The lowest BCUT2D eigenvalue weighted by Gasteiger charge is -2.31. The van der Waals surface area contributed by atoms with Crippen LogP contribution in [0.15, 0.2) is 96.4 Å². The van der Waals surface area contributed by atoms with Crippen LogP contribution in [0, 0.1) is 5.82 Å². The Morgan fingerprint density at radius 3 is 2.20 bits per heavy atom. The van der Waals surface area contributed by atoms with Crippen LogP contribution >= 0.6 is 0 Å². The van der Waals surface area contributed by atoms with Crippen molar-refractivity contribution in [3.8, 4) is 0 Å². The summed E-state index contributed by atoms with van der Waals surface area (Å²) in [6, 6.07) is 21.2. The van der Waals surface area contributed by atoms with E-state index in [1.54, 1.807) is 47.4 Å². The Labute approximate surface area is 241 Å². The van der Waals surface area contributed by atoms with Gasteiger partial charge in [-0.1, -0.05) is 60.7 Å². The van der Waals surface area contributed by atoms with E-state index in [9.17, 15) is 22.4 Å². The van der Waals surface area contributed by atoms with Crippen LogP contribution in [0.4, 0.5) is 4.39 Å². The van der Waals surface area contributed by atoms with Crippen LogP contribution in [-0.2, 0) is 39.0 Å². The van der Waals surface area contributed by atoms with Crippen molar-refractivity contribution in [3.05, 3.63) is 114 Å². The highest BCUT2D eigenvalue weighted by molar-refractivity contribution is 7.89. The largest absolute Gasteiger partial charge is 0.351 e. The van der Waals surface area contributed by atoms with Gasteiger partial charge < -0.3 is 10.2 Å². The molecule has 2 amide bonds. The Balaban J connectivity index is 1.54. The Hall–Kier alpha value is -3.82. The van der Waals surface area contributed by atoms with Gasteiger partial charge in [-0.15, -0.1) is 6.58 Å². The predicted octanol–water partition coefficient (Wildman–Crippen LogP) is 4.49. The third kappa shape index (κ3) is 8.11. The first-order chi connectivity index (χ1) is 19.8. The average molecular weight is 578 g/mol. The summed E-state index contributed by atoms with van der Waals surface area (Å²) in [5, 5.41) is 2.83. The molecule has 1 aliphatic heterocycles. The number of sulfonamides is 1. The number of benzene rings is 3. The summed E-state index contributed by atoms with van der Waals surface area (Å²) in [6.07, 6.45) is 4.10. The fourth-order valence-corrected chi connectivity index (χ4v) is 6.45. The Kier molecular flexibility index (Phi) is 10.4. The number of hydrogen-bond donors (Lipinski definition) is 1. The minimum atomic E-state index is -3.52. The minimum absolute atomic E-state index is 0.111. The maximum absolute atomic E-state index is 13.7. The molecular formula is C32H36FN3O4S. The molecule has 0 saturated carbocycles. The van der Waals surface area contributed by atoms with Gasteiger partial charge in [-0.3, -0.25) is 9.59 Å². The monoisotopic (exact) mass is 577 g/mol. The normalized spacial score (nSPS) is 14.4. The second-order valence-electron chi connectivity index (χ2n) is 10.1. The van der Waals surface area contributed by atoms with E-state index >= 15 is 0 Å². The van der Waals surface area contributed by atoms with E-state index in [4.69, 9.17) is 0 Å². The van der Waals surface area contributed by atoms with E-state index in [2.05, 4.69) is 11.9 Å². The molecule has 3 aromatic rings. The first-order valence-electron chi connectivity index (χ1n) is 13.8. The number of halogens is 1. The standard InChI is InChI=1S/C32H36FN3O4S/c1-2-20-34-32(38)30(23-26-8-4-3-5-9-26)36(24-27-10-15-28(33)16-11-27)31(37)19-14-25-12-17-29(18-13-25)41(39,40)35-21-6-7-22-35/h2-5,8-13,15-18,30H,1,6-7,14,19-24H2,(H,34,38)/t30-/m0/s1. The molecule has 3 aromatic carbocycles. The third-order valence-corrected chi connectivity index (χ3v) is 9.12. The molecule has 1 N–H and O–H groups in total. The van der Waals surface area contributed by atoms with Crippen molar-refractivity contribution in [1.29, 1.82) is 0 Å². The van der Waals surface area contributed by atoms with Gasteiger partial charge in [-0.2, -0.15) is 4.31 Å². The molecule has 216 valence electrons. The molecule has 0 radical (unpaired) electrons. The zero-order chi connectivity index (χ0) is 29.2. The van der Waals surface area contributed by atoms with Crippen LogP contribution in [0.3, 0.4) is 0 Å². The Morgan fingerprint density at radius 1 is 0.927 bits per heavy atom. The summed E-state index contributed by atoms with van der Waals surface area (Å²) in [7, 11) is -3.52. The van der Waals surface area contributed by atoms with Gasteiger partial charge in [0.25, 0.3) is 0 Å². The Bertz CT molecular complexity index is 1420. The lowest BCUT2D eigenvalue weighted by atomic mass is 10.0. The average Bonchev–Trinajstić information content (AvgIpc) is 3.54. The maximum atomic E-state index is 13.7. The van der Waals surface area contributed by atoms with E-state index < -0.39 is 16.1 Å². The van der Waals surface area contributed by atoms with Crippen LogP contribution in [0.2, 0.25) is 0 Å². The smallest absolute Gasteiger partial charge is 0.243 e. The lowest BCUT2D eigenvalue weighted by Crippen LogP contribution is -2.50. The second-order valence-corrected chi connectivity index (χ2v) is 12.1. The molecule has 0 spiro atoms. The summed E-state index contributed by atoms with van der Waals surface area (Å²) in [4.78, 5) is 28.9. The van der Waals surface area contributed by atoms with Gasteiger partial charge in [0.15, 0.2) is 0 Å². The molecule has 1 aliphatic rings. The topological polar surface area (TPSA) is 86.8 Å². The zero-order valence-corrected chi connectivity index (χ0v) is 23.9. The van der Waals surface area contributed by atoms with E-state index in [1.165, 1.54) is 16.4 Å². The van der Waals surface area contributed by atoms with Crippen LogP contribution < -0.4 is 5.32 Å². The highest BCUT2D eigenvalue weighted by Crippen LogP contribution is 2.22. The van der Waals surface area contributed by atoms with Gasteiger partial charge in [0, 0.05) is 39.0 Å². The lowest BCUT2D eigenvalue weighted by molar-refractivity contribution is -0.141. The van der Waals surface area contributed by atoms with E-state index in [0.717, 1.165) is 24.0 Å². The summed E-state index contributed by atoms with van der Waals surface area (Å²) in [5.41, 5.74) is 2.42. The number of nitrogens with one attached hydrogen (secondary N) is 1. The molecule has 1 atom stereocenters. The number of carbonyl (C=O) groups is 2. The molecule has 1 saturated heterocycles. The minimum Gasteiger partial charge on any atom is -0.351 e. The van der Waals surface area contributed by atoms with Gasteiger partial charge in [-0.05, 0) is 60.2 Å². The number of carbonyl (C=O) groups excluding carboxylic acids is 2. The van der Waals surface area contributed by atoms with E-state index in [-0.39, 0.29) is 42.0 Å². The predicted molar refractivity (Wildman–Crippen MR) is 157 cm³/mol. The van der Waals surface area contributed by atoms with Crippen molar-refractivity contribution in [2.75, 3.05) is 19.6 Å². The molecule has 4 rings (SSSR count). The fourth-order valence-electron chi connectivity index (χ4n) is 4.93. The van der Waals surface area contributed by atoms with Crippen molar-refractivity contribution < 1.29 is 22.4 Å². The highest BCUT2D eigenvalue weighted by Gasteiger charge is 2.30. The number of nitrogens with zero attached hydrogens (tertiary/aromatic N) is 2. The number of aryl methyl sites for hydroxylation is 1. The molecule has 0 aliphatic carbocycles. The van der Waals surface area contributed by atoms with Gasteiger partial charge in [0.05, 0.1) is 4.90 Å². The molecule has 1 fully saturated rings. The molecule has 0 aromatic heterocycles. The number of amides is 2. The number of hydrogen-bond acceptors (Lipinski definition) is 4. The van der Waals surface area contributed by atoms with Gasteiger partial charge in [0.1, 0.15) is 11.9 Å². The second kappa shape index (κ2) is 14.2. The van der Waals surface area contributed by atoms with Crippen molar-refractivity contribution in [2.45, 2.75) is 49.6 Å². The molecule has 1 heterocycles. The summed E-state index contributed by atoms with van der Waals surface area (Å²) in [6.45, 7) is 5.13. The number of rotatable bonds is 13.